The van der Waals surface area contributed by atoms with Crippen molar-refractivity contribution in [2.75, 3.05) is 0 Å². The molecule has 1 aromatic heterocycles. The van der Waals surface area contributed by atoms with E-state index in [1.165, 1.54) is 19.3 Å². The van der Waals surface area contributed by atoms with Crippen molar-refractivity contribution in [3.8, 4) is 0 Å². The molecule has 2 nitrogen and oxygen atoms in total. The minimum absolute atomic E-state index is 0.261. The van der Waals surface area contributed by atoms with E-state index in [9.17, 15) is 4.79 Å². The van der Waals surface area contributed by atoms with Crippen LogP contribution in [0.1, 0.15) is 44.7 Å². The van der Waals surface area contributed by atoms with Crippen molar-refractivity contribution in [3.63, 3.8) is 0 Å². The van der Waals surface area contributed by atoms with Gasteiger partial charge in [0.2, 0.25) is 0 Å². The minimum atomic E-state index is 0.261. The van der Waals surface area contributed by atoms with Crippen LogP contribution in [0, 0.1) is 23.7 Å². The summed E-state index contributed by atoms with van der Waals surface area (Å²) >= 11 is 0. The van der Waals surface area contributed by atoms with Crippen molar-refractivity contribution in [1.82, 2.24) is 4.98 Å². The van der Waals surface area contributed by atoms with E-state index >= 15 is 0 Å². The fourth-order valence-electron chi connectivity index (χ4n) is 4.43. The van der Waals surface area contributed by atoms with Crippen molar-refractivity contribution >= 4 is 5.78 Å². The Bertz CT molecular complexity index is 575. The number of carbonyl (C=O) groups excluding carboxylic acids is 1. The molecule has 1 aromatic rings. The first kappa shape index (κ1) is 16.2. The molecule has 23 heavy (non-hydrogen) atoms. The van der Waals surface area contributed by atoms with Crippen molar-refractivity contribution in [3.05, 3.63) is 54.4 Å². The van der Waals surface area contributed by atoms with Crippen LogP contribution in [0.15, 0.2) is 48.7 Å². The average Bonchev–Trinajstić information content (AvgIpc) is 3.03. The lowest BCUT2D eigenvalue weighted by Crippen LogP contribution is -2.33. The monoisotopic (exact) mass is 309 g/mol. The Morgan fingerprint density at radius 3 is 2.96 bits per heavy atom. The maximum atomic E-state index is 12.2. The average molecular weight is 309 g/mol. The molecule has 0 saturated heterocycles. The van der Waals surface area contributed by atoms with Gasteiger partial charge in [-0.05, 0) is 62.5 Å². The van der Waals surface area contributed by atoms with Crippen molar-refractivity contribution in [2.45, 2.75) is 45.4 Å². The zero-order chi connectivity index (χ0) is 16.1. The highest BCUT2D eigenvalue weighted by atomic mass is 16.1. The van der Waals surface area contributed by atoms with E-state index in [0.29, 0.717) is 23.5 Å². The van der Waals surface area contributed by atoms with E-state index in [4.69, 9.17) is 0 Å². The first-order chi connectivity index (χ1) is 11.3. The molecule has 1 heterocycles. The number of fused-ring (bicyclic) bond motifs is 1. The second-order valence-electron chi connectivity index (χ2n) is 7.02. The predicted molar refractivity (Wildman–Crippen MR) is 93.9 cm³/mol. The third-order valence-electron chi connectivity index (χ3n) is 5.51. The number of hydrogen-bond donors (Lipinski definition) is 0. The summed E-state index contributed by atoms with van der Waals surface area (Å²) in [6, 6.07) is 6.03. The lowest BCUT2D eigenvalue weighted by Gasteiger charge is -2.34. The Labute approximate surface area is 139 Å². The Kier molecular flexibility index (Phi) is 5.43. The molecule has 3 rings (SSSR count). The lowest BCUT2D eigenvalue weighted by atomic mass is 9.69. The largest absolute Gasteiger partial charge is 0.300 e. The molecule has 0 spiro atoms. The zero-order valence-electron chi connectivity index (χ0n) is 14.0. The molecule has 1 fully saturated rings. The third kappa shape index (κ3) is 3.99. The molecular formula is C21H27NO. The van der Waals surface area contributed by atoms with Crippen LogP contribution in [0.5, 0.6) is 0 Å². The summed E-state index contributed by atoms with van der Waals surface area (Å²) in [7, 11) is 0. The Hall–Kier alpha value is -1.70. The molecule has 0 aliphatic heterocycles. The van der Waals surface area contributed by atoms with Gasteiger partial charge >= 0.3 is 0 Å². The van der Waals surface area contributed by atoms with Crippen molar-refractivity contribution in [1.29, 1.82) is 0 Å². The molecule has 1 saturated carbocycles. The van der Waals surface area contributed by atoms with Gasteiger partial charge in [-0.1, -0.05) is 36.8 Å². The second kappa shape index (κ2) is 7.72. The van der Waals surface area contributed by atoms with Crippen LogP contribution in [0.3, 0.4) is 0 Å². The smallest absolute Gasteiger partial charge is 0.133 e. The molecule has 0 unspecified atom stereocenters. The number of nitrogens with zero attached hydrogens (tertiary/aromatic N) is 1. The fraction of sp³-hybridized carbons (Fsp3) is 0.524. The number of aromatic nitrogens is 1. The number of allylic oxidation sites excluding steroid dienone is 4. The van der Waals surface area contributed by atoms with E-state index in [-0.39, 0.29) is 5.92 Å². The van der Waals surface area contributed by atoms with E-state index in [1.54, 1.807) is 6.92 Å². The van der Waals surface area contributed by atoms with E-state index in [1.807, 2.05) is 18.3 Å². The van der Waals surface area contributed by atoms with Crippen LogP contribution >= 0.6 is 0 Å². The van der Waals surface area contributed by atoms with Gasteiger partial charge in [0.05, 0.1) is 0 Å². The maximum absolute atomic E-state index is 12.2. The first-order valence-corrected chi connectivity index (χ1v) is 8.99. The highest BCUT2D eigenvalue weighted by molar-refractivity contribution is 5.79. The first-order valence-electron chi connectivity index (χ1n) is 8.99. The van der Waals surface area contributed by atoms with Crippen LogP contribution in [-0.4, -0.2) is 10.8 Å². The summed E-state index contributed by atoms with van der Waals surface area (Å²) in [6.07, 6.45) is 17.9. The summed E-state index contributed by atoms with van der Waals surface area (Å²) in [6.45, 7) is 1.79. The molecular weight excluding hydrogens is 282 g/mol. The number of hydrogen-bond acceptors (Lipinski definition) is 2. The number of rotatable bonds is 6. The quantitative estimate of drug-likeness (QED) is 0.709. The van der Waals surface area contributed by atoms with Crippen LogP contribution in [-0.2, 0) is 11.2 Å². The second-order valence-corrected chi connectivity index (χ2v) is 7.02. The molecule has 122 valence electrons. The van der Waals surface area contributed by atoms with E-state index in [2.05, 4.69) is 35.4 Å². The van der Waals surface area contributed by atoms with Gasteiger partial charge in [-0.3, -0.25) is 9.78 Å². The Morgan fingerprint density at radius 2 is 2.17 bits per heavy atom. The summed E-state index contributed by atoms with van der Waals surface area (Å²) < 4.78 is 0. The van der Waals surface area contributed by atoms with Gasteiger partial charge in [0.1, 0.15) is 5.78 Å². The van der Waals surface area contributed by atoms with Crippen LogP contribution in [0.25, 0.3) is 0 Å². The third-order valence-corrected chi connectivity index (χ3v) is 5.51. The summed E-state index contributed by atoms with van der Waals surface area (Å²) in [5.74, 6) is 2.37. The molecule has 0 radical (unpaired) electrons. The van der Waals surface area contributed by atoms with Gasteiger partial charge in [-0.15, -0.1) is 0 Å². The van der Waals surface area contributed by atoms with Crippen LogP contribution in [0.4, 0.5) is 0 Å². The van der Waals surface area contributed by atoms with Crippen molar-refractivity contribution < 1.29 is 4.79 Å². The topological polar surface area (TPSA) is 30.0 Å². The number of pyridine rings is 1. The Morgan fingerprint density at radius 1 is 1.26 bits per heavy atom. The molecule has 2 aliphatic rings. The zero-order valence-corrected chi connectivity index (χ0v) is 14.0. The van der Waals surface area contributed by atoms with E-state index < -0.39 is 0 Å². The number of ketones is 1. The summed E-state index contributed by atoms with van der Waals surface area (Å²) in [5.41, 5.74) is 1.11. The molecule has 2 aliphatic carbocycles. The molecule has 2 heteroatoms. The number of Topliss-reactive ketones (excluding diaryl/α,β-unsaturated/α-hetero) is 1. The normalized spacial score (nSPS) is 29.8. The van der Waals surface area contributed by atoms with Gasteiger partial charge < -0.3 is 0 Å². The predicted octanol–water partition coefficient (Wildman–Crippen LogP) is 4.77. The molecule has 4 atom stereocenters. The van der Waals surface area contributed by atoms with Gasteiger partial charge in [-0.2, -0.15) is 0 Å². The highest BCUT2D eigenvalue weighted by Crippen LogP contribution is 2.45. The SMILES string of the molecule is CC(=O)[C@H]1[C@@H]2CCC[C@H]2C=C[C@@H]1CC/C=C/Cc1ccccn1. The van der Waals surface area contributed by atoms with Gasteiger partial charge in [-0.25, -0.2) is 0 Å². The van der Waals surface area contributed by atoms with Gasteiger partial charge in [0.25, 0.3) is 0 Å². The summed E-state index contributed by atoms with van der Waals surface area (Å²) in [5, 5.41) is 0. The summed E-state index contributed by atoms with van der Waals surface area (Å²) in [4.78, 5) is 16.5. The molecule has 0 aromatic carbocycles. The van der Waals surface area contributed by atoms with Gasteiger partial charge in [0, 0.05) is 24.2 Å². The highest BCUT2D eigenvalue weighted by Gasteiger charge is 2.40. The maximum Gasteiger partial charge on any atom is 0.133 e. The minimum Gasteiger partial charge on any atom is -0.300 e. The lowest BCUT2D eigenvalue weighted by molar-refractivity contribution is -0.124. The molecule has 0 bridgehead atoms. The molecule has 0 N–H and O–H groups in total. The fourth-order valence-corrected chi connectivity index (χ4v) is 4.43. The van der Waals surface area contributed by atoms with Gasteiger partial charge in [0.15, 0.2) is 0 Å². The van der Waals surface area contributed by atoms with E-state index in [0.717, 1.165) is 25.0 Å². The van der Waals surface area contributed by atoms with Crippen LogP contribution < -0.4 is 0 Å². The number of carbonyl (C=O) groups is 1. The Balaban J connectivity index is 1.52. The molecule has 0 amide bonds. The standard InChI is InChI=1S/C21H27NO/c1-16(23)21-18(14-13-17-9-7-12-20(17)21)8-3-2-4-10-19-11-5-6-15-22-19/h2,4-6,11,13-15,17-18,20-21H,3,7-10,12H2,1H3/b4-2+/t17-,18-,20+,21+/m0/s1. The van der Waals surface area contributed by atoms with Crippen LogP contribution in [0.2, 0.25) is 0 Å². The van der Waals surface area contributed by atoms with Crippen molar-refractivity contribution in [2.24, 2.45) is 23.7 Å².